The molecule has 3 rings (SSSR count). The fraction of sp³-hybridized carbons (Fsp3) is 0. The van der Waals surface area contributed by atoms with Crippen molar-refractivity contribution < 1.29 is 0 Å². The van der Waals surface area contributed by atoms with E-state index in [1.54, 1.807) is 6.20 Å². The van der Waals surface area contributed by atoms with Gasteiger partial charge in [0.05, 0.1) is 22.4 Å². The smallest absolute Gasteiger partial charge is 0.0651 e. The monoisotopic (exact) mass is 243 g/mol. The molecule has 0 aliphatic rings. The van der Waals surface area contributed by atoms with Crippen LogP contribution in [0.2, 0.25) is 5.02 Å². The third-order valence-corrected chi connectivity index (χ3v) is 2.92. The van der Waals surface area contributed by atoms with E-state index in [1.807, 2.05) is 42.5 Å². The van der Waals surface area contributed by atoms with Gasteiger partial charge >= 0.3 is 0 Å². The maximum absolute atomic E-state index is 6.09. The molecule has 4 heteroatoms. The minimum absolute atomic E-state index is 0.708. The van der Waals surface area contributed by atoms with E-state index in [0.717, 1.165) is 22.3 Å². The van der Waals surface area contributed by atoms with Crippen molar-refractivity contribution in [1.29, 1.82) is 0 Å². The zero-order valence-corrected chi connectivity index (χ0v) is 9.70. The van der Waals surface area contributed by atoms with Crippen LogP contribution in [-0.4, -0.2) is 10.2 Å². The summed E-state index contributed by atoms with van der Waals surface area (Å²) in [7, 11) is 0. The second kappa shape index (κ2) is 4.11. The molecule has 0 unspecified atom stereocenters. The third-order valence-electron chi connectivity index (χ3n) is 2.59. The van der Waals surface area contributed by atoms with Gasteiger partial charge in [-0.3, -0.25) is 5.10 Å². The standard InChI is InChI=1S/C13H10ClN3/c14-11-3-1-2-4-13(11)16-10-5-6-12-9(7-10)8-15-17-12/h1-8,16H,(H,15,17). The number of nitrogens with zero attached hydrogens (tertiary/aromatic N) is 1. The molecule has 3 aromatic rings. The summed E-state index contributed by atoms with van der Waals surface area (Å²) in [5.41, 5.74) is 2.92. The molecule has 2 aromatic carbocycles. The number of aromatic nitrogens is 2. The Kier molecular flexibility index (Phi) is 2.46. The summed E-state index contributed by atoms with van der Waals surface area (Å²) in [6, 6.07) is 13.7. The summed E-state index contributed by atoms with van der Waals surface area (Å²) >= 11 is 6.09. The minimum atomic E-state index is 0.708. The lowest BCUT2D eigenvalue weighted by Gasteiger charge is -2.07. The lowest BCUT2D eigenvalue weighted by atomic mass is 10.2. The molecule has 0 radical (unpaired) electrons. The quantitative estimate of drug-likeness (QED) is 0.715. The molecule has 0 saturated carbocycles. The van der Waals surface area contributed by atoms with Gasteiger partial charge in [-0.15, -0.1) is 0 Å². The van der Waals surface area contributed by atoms with Gasteiger partial charge in [0.2, 0.25) is 0 Å². The molecule has 0 aliphatic carbocycles. The Morgan fingerprint density at radius 1 is 1.12 bits per heavy atom. The predicted octanol–water partition coefficient (Wildman–Crippen LogP) is 3.96. The lowest BCUT2D eigenvalue weighted by Crippen LogP contribution is -1.90. The summed E-state index contributed by atoms with van der Waals surface area (Å²) < 4.78 is 0. The first-order chi connectivity index (χ1) is 8.33. The van der Waals surface area contributed by atoms with Gasteiger partial charge in [-0.2, -0.15) is 5.10 Å². The molecule has 0 amide bonds. The summed E-state index contributed by atoms with van der Waals surface area (Å²) in [4.78, 5) is 0. The van der Waals surface area contributed by atoms with Crippen molar-refractivity contribution in [2.75, 3.05) is 5.32 Å². The van der Waals surface area contributed by atoms with E-state index in [1.165, 1.54) is 0 Å². The molecule has 84 valence electrons. The number of aromatic amines is 1. The normalized spacial score (nSPS) is 10.6. The molecule has 0 bridgehead atoms. The number of para-hydroxylation sites is 1. The Hall–Kier alpha value is -2.00. The van der Waals surface area contributed by atoms with Crippen LogP contribution in [0.15, 0.2) is 48.7 Å². The SMILES string of the molecule is Clc1ccccc1Nc1ccc2[nH]ncc2c1. The van der Waals surface area contributed by atoms with Crippen molar-refractivity contribution in [3.63, 3.8) is 0 Å². The first-order valence-corrected chi connectivity index (χ1v) is 5.65. The van der Waals surface area contributed by atoms with Gasteiger partial charge in [-0.1, -0.05) is 23.7 Å². The fourth-order valence-electron chi connectivity index (χ4n) is 1.74. The van der Waals surface area contributed by atoms with Crippen molar-refractivity contribution in [1.82, 2.24) is 10.2 Å². The molecule has 1 heterocycles. The Morgan fingerprint density at radius 2 is 2.00 bits per heavy atom. The lowest BCUT2D eigenvalue weighted by molar-refractivity contribution is 1.12. The molecule has 0 atom stereocenters. The highest BCUT2D eigenvalue weighted by molar-refractivity contribution is 6.33. The van der Waals surface area contributed by atoms with Crippen LogP contribution in [0, 0.1) is 0 Å². The number of H-pyrrole nitrogens is 1. The first-order valence-electron chi connectivity index (χ1n) is 5.27. The van der Waals surface area contributed by atoms with Gasteiger partial charge in [0.15, 0.2) is 0 Å². The number of rotatable bonds is 2. The summed E-state index contributed by atoms with van der Waals surface area (Å²) in [6.07, 6.45) is 1.80. The molecule has 0 spiro atoms. The summed E-state index contributed by atoms with van der Waals surface area (Å²) in [6.45, 7) is 0. The fourth-order valence-corrected chi connectivity index (χ4v) is 1.92. The topological polar surface area (TPSA) is 40.7 Å². The molecule has 0 fully saturated rings. The van der Waals surface area contributed by atoms with E-state index >= 15 is 0 Å². The van der Waals surface area contributed by atoms with Gasteiger partial charge in [-0.05, 0) is 30.3 Å². The number of benzene rings is 2. The predicted molar refractivity (Wildman–Crippen MR) is 70.8 cm³/mol. The molecule has 0 aliphatic heterocycles. The third kappa shape index (κ3) is 1.97. The molecule has 2 N–H and O–H groups in total. The first kappa shape index (κ1) is 10.2. The van der Waals surface area contributed by atoms with Gasteiger partial charge < -0.3 is 5.32 Å². The average molecular weight is 244 g/mol. The summed E-state index contributed by atoms with van der Waals surface area (Å²) in [5.74, 6) is 0. The Morgan fingerprint density at radius 3 is 2.88 bits per heavy atom. The minimum Gasteiger partial charge on any atom is -0.354 e. The van der Waals surface area contributed by atoms with Crippen LogP contribution in [-0.2, 0) is 0 Å². The number of hydrogen-bond donors (Lipinski definition) is 2. The maximum atomic E-state index is 6.09. The zero-order valence-electron chi connectivity index (χ0n) is 8.94. The Labute approximate surface area is 103 Å². The molecule has 0 saturated heterocycles. The van der Waals surface area contributed by atoms with E-state index in [2.05, 4.69) is 15.5 Å². The van der Waals surface area contributed by atoms with E-state index < -0.39 is 0 Å². The van der Waals surface area contributed by atoms with Crippen LogP contribution < -0.4 is 5.32 Å². The van der Waals surface area contributed by atoms with Gasteiger partial charge in [0.1, 0.15) is 0 Å². The van der Waals surface area contributed by atoms with Crippen LogP contribution in [0.5, 0.6) is 0 Å². The van der Waals surface area contributed by atoms with E-state index in [-0.39, 0.29) is 0 Å². The van der Waals surface area contributed by atoms with Gasteiger partial charge in [0.25, 0.3) is 0 Å². The second-order valence-electron chi connectivity index (χ2n) is 3.78. The van der Waals surface area contributed by atoms with Crippen LogP contribution in [0.3, 0.4) is 0 Å². The number of halogens is 1. The van der Waals surface area contributed by atoms with Crippen molar-refractivity contribution in [3.8, 4) is 0 Å². The van der Waals surface area contributed by atoms with Crippen LogP contribution >= 0.6 is 11.6 Å². The Bertz CT molecular complexity index is 660. The van der Waals surface area contributed by atoms with Crippen LogP contribution in [0.25, 0.3) is 10.9 Å². The molecule has 3 nitrogen and oxygen atoms in total. The van der Waals surface area contributed by atoms with Crippen molar-refractivity contribution in [3.05, 3.63) is 53.7 Å². The van der Waals surface area contributed by atoms with Crippen LogP contribution in [0.4, 0.5) is 11.4 Å². The highest BCUT2D eigenvalue weighted by atomic mass is 35.5. The Balaban J connectivity index is 1.97. The average Bonchev–Trinajstić information content (AvgIpc) is 2.79. The van der Waals surface area contributed by atoms with Gasteiger partial charge in [0, 0.05) is 11.1 Å². The number of anilines is 2. The second-order valence-corrected chi connectivity index (χ2v) is 4.18. The number of fused-ring (bicyclic) bond motifs is 1. The molecular formula is C13H10ClN3. The van der Waals surface area contributed by atoms with Crippen molar-refractivity contribution in [2.45, 2.75) is 0 Å². The van der Waals surface area contributed by atoms with E-state index in [9.17, 15) is 0 Å². The number of hydrogen-bond acceptors (Lipinski definition) is 2. The highest BCUT2D eigenvalue weighted by Gasteiger charge is 2.01. The van der Waals surface area contributed by atoms with Crippen LogP contribution in [0.1, 0.15) is 0 Å². The largest absolute Gasteiger partial charge is 0.354 e. The van der Waals surface area contributed by atoms with Gasteiger partial charge in [-0.25, -0.2) is 0 Å². The van der Waals surface area contributed by atoms with Crippen molar-refractivity contribution >= 4 is 33.9 Å². The number of nitrogens with one attached hydrogen (secondary N) is 2. The maximum Gasteiger partial charge on any atom is 0.0651 e. The van der Waals surface area contributed by atoms with Crippen molar-refractivity contribution in [2.24, 2.45) is 0 Å². The zero-order chi connectivity index (χ0) is 11.7. The van der Waals surface area contributed by atoms with E-state index in [0.29, 0.717) is 5.02 Å². The molecule has 17 heavy (non-hydrogen) atoms. The highest BCUT2D eigenvalue weighted by Crippen LogP contribution is 2.26. The molecular weight excluding hydrogens is 234 g/mol. The van der Waals surface area contributed by atoms with E-state index in [4.69, 9.17) is 11.6 Å². The summed E-state index contributed by atoms with van der Waals surface area (Å²) in [5, 5.41) is 12.0. The molecule has 1 aromatic heterocycles.